The summed E-state index contributed by atoms with van der Waals surface area (Å²) in [6.45, 7) is 3.58. The van der Waals surface area contributed by atoms with E-state index in [0.717, 1.165) is 31.7 Å². The van der Waals surface area contributed by atoms with Gasteiger partial charge in [-0.1, -0.05) is 12.1 Å². The number of hydrogen-bond acceptors (Lipinski definition) is 4. The number of primary amides is 1. The third kappa shape index (κ3) is 6.91. The Morgan fingerprint density at radius 1 is 1.32 bits per heavy atom. The number of rotatable bonds is 10. The molecular weight excluding hydrogens is 244 g/mol. The van der Waals surface area contributed by atoms with E-state index < -0.39 is 5.91 Å². The molecule has 1 rings (SSSR count). The highest BCUT2D eigenvalue weighted by Crippen LogP contribution is 2.04. The van der Waals surface area contributed by atoms with Gasteiger partial charge in [0.15, 0.2) is 0 Å². The van der Waals surface area contributed by atoms with Crippen LogP contribution in [0.25, 0.3) is 0 Å². The van der Waals surface area contributed by atoms with E-state index in [1.165, 1.54) is 0 Å². The zero-order valence-corrected chi connectivity index (χ0v) is 11.4. The maximum atomic E-state index is 11.0. The Balaban J connectivity index is 2.12. The van der Waals surface area contributed by atoms with Crippen LogP contribution in [0.5, 0.6) is 0 Å². The molecule has 0 atom stereocenters. The number of carbonyl (C=O) groups excluding carboxylic acids is 1. The molecule has 0 saturated carbocycles. The molecule has 1 aromatic rings. The van der Waals surface area contributed by atoms with Crippen molar-refractivity contribution in [3.8, 4) is 0 Å². The van der Waals surface area contributed by atoms with Crippen molar-refractivity contribution in [3.05, 3.63) is 35.4 Å². The normalized spacial score (nSPS) is 10.6. The third-order valence-electron chi connectivity index (χ3n) is 2.61. The summed E-state index contributed by atoms with van der Waals surface area (Å²) in [4.78, 5) is 11.0. The summed E-state index contributed by atoms with van der Waals surface area (Å²) in [6, 6.07) is 7.33. The molecule has 19 heavy (non-hydrogen) atoms. The molecule has 1 aromatic carbocycles. The van der Waals surface area contributed by atoms with Gasteiger partial charge in [0, 0.05) is 25.8 Å². The summed E-state index contributed by atoms with van der Waals surface area (Å²) >= 11 is 0. The van der Waals surface area contributed by atoms with Gasteiger partial charge < -0.3 is 20.5 Å². The van der Waals surface area contributed by atoms with Crippen LogP contribution >= 0.6 is 0 Å². The van der Waals surface area contributed by atoms with Crippen molar-refractivity contribution in [2.24, 2.45) is 5.73 Å². The lowest BCUT2D eigenvalue weighted by atomic mass is 10.1. The third-order valence-corrected chi connectivity index (χ3v) is 2.61. The molecule has 1 amide bonds. The maximum absolute atomic E-state index is 11.0. The highest BCUT2D eigenvalue weighted by Gasteiger charge is 2.00. The van der Waals surface area contributed by atoms with Gasteiger partial charge >= 0.3 is 0 Å². The second kappa shape index (κ2) is 9.49. The first-order chi connectivity index (χ1) is 9.24. The molecule has 0 unspecified atom stereocenters. The highest BCUT2D eigenvalue weighted by molar-refractivity contribution is 5.92. The molecule has 0 fully saturated rings. The van der Waals surface area contributed by atoms with Crippen LogP contribution in [0.4, 0.5) is 0 Å². The van der Waals surface area contributed by atoms with Gasteiger partial charge in [-0.3, -0.25) is 4.79 Å². The molecule has 0 aliphatic carbocycles. The lowest BCUT2D eigenvalue weighted by Gasteiger charge is -2.06. The van der Waals surface area contributed by atoms with Gasteiger partial charge in [0.25, 0.3) is 0 Å². The Bertz CT molecular complexity index is 383. The zero-order chi connectivity index (χ0) is 13.9. The molecule has 0 aliphatic rings. The predicted octanol–water partition coefficient (Wildman–Crippen LogP) is 0.928. The van der Waals surface area contributed by atoms with E-state index >= 15 is 0 Å². The van der Waals surface area contributed by atoms with E-state index in [1.54, 1.807) is 13.2 Å². The molecule has 0 spiro atoms. The van der Waals surface area contributed by atoms with Crippen molar-refractivity contribution >= 4 is 5.91 Å². The highest BCUT2D eigenvalue weighted by atomic mass is 16.5. The Morgan fingerprint density at radius 3 is 2.89 bits per heavy atom. The minimum absolute atomic E-state index is 0.395. The minimum Gasteiger partial charge on any atom is -0.382 e. The van der Waals surface area contributed by atoms with Gasteiger partial charge in [0.1, 0.15) is 0 Å². The number of nitrogens with two attached hydrogens (primary N) is 1. The van der Waals surface area contributed by atoms with Gasteiger partial charge in [-0.25, -0.2) is 0 Å². The number of hydrogen-bond donors (Lipinski definition) is 2. The van der Waals surface area contributed by atoms with Crippen LogP contribution in [-0.4, -0.2) is 39.4 Å². The topological polar surface area (TPSA) is 73.6 Å². The van der Waals surface area contributed by atoms with Crippen LogP contribution in [0.1, 0.15) is 22.3 Å². The summed E-state index contributed by atoms with van der Waals surface area (Å²) in [6.07, 6.45) is 0.944. The van der Waals surface area contributed by atoms with Crippen molar-refractivity contribution in [1.29, 1.82) is 0 Å². The van der Waals surface area contributed by atoms with Crippen LogP contribution in [0, 0.1) is 0 Å². The smallest absolute Gasteiger partial charge is 0.248 e. The molecule has 3 N–H and O–H groups in total. The standard InChI is InChI=1S/C14H22N2O3/c1-18-8-9-19-7-3-6-16-11-12-4-2-5-13(10-12)14(15)17/h2,4-5,10,16H,3,6-9,11H2,1H3,(H2,15,17). The minimum atomic E-state index is -0.395. The van der Waals surface area contributed by atoms with Crippen LogP contribution in [0.2, 0.25) is 0 Å². The summed E-state index contributed by atoms with van der Waals surface area (Å²) in [5.41, 5.74) is 6.83. The zero-order valence-electron chi connectivity index (χ0n) is 11.4. The Morgan fingerprint density at radius 2 is 2.16 bits per heavy atom. The first kappa shape index (κ1) is 15.6. The molecule has 5 nitrogen and oxygen atoms in total. The van der Waals surface area contributed by atoms with Gasteiger partial charge in [0.05, 0.1) is 13.2 Å². The number of ether oxygens (including phenoxy) is 2. The number of carbonyl (C=O) groups is 1. The Hall–Kier alpha value is -1.43. The second-order valence-corrected chi connectivity index (χ2v) is 4.20. The van der Waals surface area contributed by atoms with Crippen molar-refractivity contribution in [2.75, 3.05) is 33.5 Å². The van der Waals surface area contributed by atoms with Crippen LogP contribution in [-0.2, 0) is 16.0 Å². The first-order valence-electron chi connectivity index (χ1n) is 6.40. The fourth-order valence-corrected chi connectivity index (χ4v) is 1.61. The summed E-state index contributed by atoms with van der Waals surface area (Å²) < 4.78 is 10.2. The molecule has 0 saturated heterocycles. The van der Waals surface area contributed by atoms with E-state index in [4.69, 9.17) is 15.2 Å². The van der Waals surface area contributed by atoms with E-state index in [1.807, 2.05) is 18.2 Å². The number of nitrogens with one attached hydrogen (secondary N) is 1. The van der Waals surface area contributed by atoms with Gasteiger partial charge in [-0.15, -0.1) is 0 Å². The lowest BCUT2D eigenvalue weighted by molar-refractivity contribution is 0.0695. The summed E-state index contributed by atoms with van der Waals surface area (Å²) in [7, 11) is 1.66. The molecular formula is C14H22N2O3. The van der Waals surface area contributed by atoms with Crippen LogP contribution < -0.4 is 11.1 Å². The number of benzene rings is 1. The first-order valence-corrected chi connectivity index (χ1v) is 6.40. The average Bonchev–Trinajstić information content (AvgIpc) is 2.42. The molecule has 0 bridgehead atoms. The Kier molecular flexibility index (Phi) is 7.81. The van der Waals surface area contributed by atoms with Crippen LogP contribution in [0.15, 0.2) is 24.3 Å². The maximum Gasteiger partial charge on any atom is 0.248 e. The van der Waals surface area contributed by atoms with Crippen molar-refractivity contribution in [3.63, 3.8) is 0 Å². The van der Waals surface area contributed by atoms with Gasteiger partial charge in [0.2, 0.25) is 5.91 Å². The molecule has 0 heterocycles. The molecule has 106 valence electrons. The van der Waals surface area contributed by atoms with Crippen molar-refractivity contribution in [1.82, 2.24) is 5.32 Å². The Labute approximate surface area is 114 Å². The second-order valence-electron chi connectivity index (χ2n) is 4.20. The van der Waals surface area contributed by atoms with Crippen molar-refractivity contribution in [2.45, 2.75) is 13.0 Å². The van der Waals surface area contributed by atoms with Crippen LogP contribution in [0.3, 0.4) is 0 Å². The van der Waals surface area contributed by atoms with E-state index in [0.29, 0.717) is 18.8 Å². The molecule has 0 aliphatic heterocycles. The van der Waals surface area contributed by atoms with E-state index in [9.17, 15) is 4.79 Å². The average molecular weight is 266 g/mol. The lowest BCUT2D eigenvalue weighted by Crippen LogP contribution is -2.17. The SMILES string of the molecule is COCCOCCCNCc1cccc(C(N)=O)c1. The number of methoxy groups -OCH3 is 1. The molecule has 0 radical (unpaired) electrons. The summed E-state index contributed by atoms with van der Waals surface area (Å²) in [5, 5.41) is 3.30. The van der Waals surface area contributed by atoms with Crippen molar-refractivity contribution < 1.29 is 14.3 Å². The molecule has 5 heteroatoms. The summed E-state index contributed by atoms with van der Waals surface area (Å²) in [5.74, 6) is -0.395. The fourth-order valence-electron chi connectivity index (χ4n) is 1.61. The molecule has 0 aromatic heterocycles. The monoisotopic (exact) mass is 266 g/mol. The fraction of sp³-hybridized carbons (Fsp3) is 0.500. The van der Waals surface area contributed by atoms with Gasteiger partial charge in [-0.05, 0) is 30.7 Å². The quantitative estimate of drug-likeness (QED) is 0.618. The van der Waals surface area contributed by atoms with E-state index in [2.05, 4.69) is 5.32 Å². The number of amides is 1. The predicted molar refractivity (Wildman–Crippen MR) is 74.0 cm³/mol. The van der Waals surface area contributed by atoms with Gasteiger partial charge in [-0.2, -0.15) is 0 Å². The largest absolute Gasteiger partial charge is 0.382 e. The van der Waals surface area contributed by atoms with E-state index in [-0.39, 0.29) is 0 Å².